The fourth-order valence-electron chi connectivity index (χ4n) is 5.79. The Morgan fingerprint density at radius 3 is 1.43 bits per heavy atom. The molecular weight excluding hydrogens is 640 g/mol. The maximum Gasteiger partial charge on any atom is 0.305 e. The number of hydrogen-bond donors (Lipinski definition) is 1. The van der Waals surface area contributed by atoms with Crippen molar-refractivity contribution in [1.82, 2.24) is 0 Å². The third-order valence-electron chi connectivity index (χ3n) is 9.22. The molecule has 0 aromatic rings. The molecule has 1 unspecified atom stereocenters. The second kappa shape index (κ2) is 41.1. The Morgan fingerprint density at radius 2 is 0.922 bits per heavy atom. The van der Waals surface area contributed by atoms with Crippen LogP contribution in [0.3, 0.4) is 0 Å². The second-order valence-electron chi connectivity index (χ2n) is 14.3. The predicted molar refractivity (Wildman–Crippen MR) is 213 cm³/mol. The van der Waals surface area contributed by atoms with Crippen molar-refractivity contribution in [3.63, 3.8) is 0 Å². The van der Waals surface area contributed by atoms with Crippen molar-refractivity contribution in [3.05, 3.63) is 24.3 Å². The van der Waals surface area contributed by atoms with E-state index >= 15 is 0 Å². The van der Waals surface area contributed by atoms with Crippen LogP contribution in [0.25, 0.3) is 0 Å². The van der Waals surface area contributed by atoms with E-state index < -0.39 is 5.92 Å². The quantitative estimate of drug-likeness (QED) is 0.0291. The number of allylic oxidation sites excluding steroid dienone is 4. The largest absolute Gasteiger partial charge is 0.465 e. The lowest BCUT2D eigenvalue weighted by Crippen LogP contribution is -2.24. The van der Waals surface area contributed by atoms with E-state index in [-0.39, 0.29) is 38.0 Å². The Balaban J connectivity index is 4.03. The Labute approximate surface area is 315 Å². The van der Waals surface area contributed by atoms with Crippen molar-refractivity contribution >= 4 is 11.9 Å². The molecule has 1 atom stereocenters. The molecule has 0 aliphatic heterocycles. The van der Waals surface area contributed by atoms with Crippen LogP contribution in [0.2, 0.25) is 0 Å². The fraction of sp³-hybridized carbons (Fsp3) is 0.864. The molecule has 0 radical (unpaired) electrons. The number of carbonyl (C=O) groups is 2. The van der Waals surface area contributed by atoms with Crippen LogP contribution >= 0.6 is 0 Å². The van der Waals surface area contributed by atoms with Gasteiger partial charge in [-0.3, -0.25) is 9.59 Å². The van der Waals surface area contributed by atoms with Crippen LogP contribution < -0.4 is 0 Å². The van der Waals surface area contributed by atoms with Crippen LogP contribution in [0, 0.1) is 5.92 Å². The molecule has 0 heterocycles. The van der Waals surface area contributed by atoms with E-state index in [0.717, 1.165) is 71.0 Å². The summed E-state index contributed by atoms with van der Waals surface area (Å²) in [5, 5.41) is 9.71. The van der Waals surface area contributed by atoms with E-state index in [1.165, 1.54) is 103 Å². The lowest BCUT2D eigenvalue weighted by molar-refractivity contribution is -0.152. The first-order valence-electron chi connectivity index (χ1n) is 21.5. The number of rotatable bonds is 40. The molecule has 0 aliphatic carbocycles. The molecule has 0 spiro atoms. The molecular formula is C44H82O7. The smallest absolute Gasteiger partial charge is 0.305 e. The Bertz CT molecular complexity index is 778. The first-order chi connectivity index (χ1) is 25.1. The summed E-state index contributed by atoms with van der Waals surface area (Å²) in [6, 6.07) is 0. The zero-order chi connectivity index (χ0) is 37.3. The number of carbonyl (C=O) groups excluding carboxylic acids is 2. The SMILES string of the molecule is CCCCC/C=C\C/C=C\CCCCCCCC(=O)OCC(CO)COC(=O)CCCCC(OCCCCCCCC)OCCCCCCCC. The van der Waals surface area contributed by atoms with Gasteiger partial charge in [0.15, 0.2) is 6.29 Å². The fourth-order valence-corrected chi connectivity index (χ4v) is 5.79. The van der Waals surface area contributed by atoms with E-state index in [2.05, 4.69) is 45.1 Å². The van der Waals surface area contributed by atoms with Crippen LogP contribution in [0.4, 0.5) is 0 Å². The molecule has 7 heteroatoms. The van der Waals surface area contributed by atoms with E-state index in [9.17, 15) is 14.7 Å². The molecule has 1 N–H and O–H groups in total. The van der Waals surface area contributed by atoms with E-state index in [1.54, 1.807) is 0 Å². The molecule has 300 valence electrons. The standard InChI is InChI=1S/C44H82O7/c1-4-7-10-13-16-17-18-19-20-21-22-23-24-25-28-33-42(46)50-39-41(38-45)40-51-43(47)34-29-30-35-44(48-36-31-26-14-11-8-5-2)49-37-32-27-15-12-9-6-3/h16-17,19-20,41,44-45H,4-15,18,21-40H2,1-3H3/b17-16-,20-19-. The van der Waals surface area contributed by atoms with Gasteiger partial charge in [-0.15, -0.1) is 0 Å². The van der Waals surface area contributed by atoms with Gasteiger partial charge in [0.2, 0.25) is 0 Å². The highest BCUT2D eigenvalue weighted by molar-refractivity contribution is 5.69. The number of aliphatic hydroxyl groups is 1. The maximum atomic E-state index is 12.4. The van der Waals surface area contributed by atoms with Gasteiger partial charge >= 0.3 is 11.9 Å². The lowest BCUT2D eigenvalue weighted by Gasteiger charge is -2.19. The molecule has 0 aromatic heterocycles. The van der Waals surface area contributed by atoms with Gasteiger partial charge < -0.3 is 24.1 Å². The zero-order valence-corrected chi connectivity index (χ0v) is 33.7. The van der Waals surface area contributed by atoms with Gasteiger partial charge in [-0.2, -0.15) is 0 Å². The molecule has 0 aliphatic rings. The highest BCUT2D eigenvalue weighted by Gasteiger charge is 2.15. The van der Waals surface area contributed by atoms with Crippen molar-refractivity contribution in [3.8, 4) is 0 Å². The molecule has 0 amide bonds. The topological polar surface area (TPSA) is 91.3 Å². The normalized spacial score (nSPS) is 12.4. The molecule has 0 saturated carbocycles. The van der Waals surface area contributed by atoms with Gasteiger partial charge in [0.05, 0.1) is 25.7 Å². The minimum Gasteiger partial charge on any atom is -0.465 e. The van der Waals surface area contributed by atoms with Crippen LogP contribution in [-0.2, 0) is 28.5 Å². The summed E-state index contributed by atoms with van der Waals surface area (Å²) in [6.07, 6.45) is 39.1. The number of unbranched alkanes of at least 4 members (excludes halogenated alkanes) is 19. The van der Waals surface area contributed by atoms with Crippen molar-refractivity contribution in [2.45, 2.75) is 207 Å². The molecule has 0 fully saturated rings. The summed E-state index contributed by atoms with van der Waals surface area (Å²) in [4.78, 5) is 24.6. The van der Waals surface area contributed by atoms with Gasteiger partial charge in [-0.05, 0) is 70.6 Å². The molecule has 7 nitrogen and oxygen atoms in total. The van der Waals surface area contributed by atoms with Gasteiger partial charge in [0.1, 0.15) is 0 Å². The average molecular weight is 723 g/mol. The Hall–Kier alpha value is -1.70. The van der Waals surface area contributed by atoms with E-state index in [0.29, 0.717) is 19.3 Å². The maximum absolute atomic E-state index is 12.4. The Morgan fingerprint density at radius 1 is 0.510 bits per heavy atom. The van der Waals surface area contributed by atoms with Crippen molar-refractivity contribution in [1.29, 1.82) is 0 Å². The summed E-state index contributed by atoms with van der Waals surface area (Å²) in [5.41, 5.74) is 0. The van der Waals surface area contributed by atoms with E-state index in [1.807, 2.05) is 0 Å². The lowest BCUT2D eigenvalue weighted by atomic mass is 10.1. The predicted octanol–water partition coefficient (Wildman–Crippen LogP) is 12.1. The van der Waals surface area contributed by atoms with Crippen LogP contribution in [-0.4, -0.2) is 56.4 Å². The van der Waals surface area contributed by atoms with Crippen molar-refractivity contribution in [2.24, 2.45) is 5.92 Å². The Kier molecular flexibility index (Phi) is 39.7. The highest BCUT2D eigenvalue weighted by Crippen LogP contribution is 2.14. The van der Waals surface area contributed by atoms with Crippen LogP contribution in [0.1, 0.15) is 201 Å². The number of esters is 2. The summed E-state index contributed by atoms with van der Waals surface area (Å²) in [7, 11) is 0. The highest BCUT2D eigenvalue weighted by atomic mass is 16.7. The minimum atomic E-state index is -0.405. The summed E-state index contributed by atoms with van der Waals surface area (Å²) in [6.45, 7) is 8.07. The van der Waals surface area contributed by atoms with Crippen molar-refractivity contribution < 1.29 is 33.6 Å². The second-order valence-corrected chi connectivity index (χ2v) is 14.3. The summed E-state index contributed by atoms with van der Waals surface area (Å²) >= 11 is 0. The molecule has 51 heavy (non-hydrogen) atoms. The molecule has 0 bridgehead atoms. The third-order valence-corrected chi connectivity index (χ3v) is 9.22. The zero-order valence-electron chi connectivity index (χ0n) is 33.7. The monoisotopic (exact) mass is 723 g/mol. The van der Waals surface area contributed by atoms with E-state index in [4.69, 9.17) is 18.9 Å². The third kappa shape index (κ3) is 37.9. The number of aliphatic hydroxyl groups excluding tert-OH is 1. The molecule has 0 rings (SSSR count). The van der Waals surface area contributed by atoms with Crippen LogP contribution in [0.5, 0.6) is 0 Å². The minimum absolute atomic E-state index is 0.0532. The molecule has 0 saturated heterocycles. The van der Waals surface area contributed by atoms with Gasteiger partial charge in [-0.25, -0.2) is 0 Å². The first kappa shape index (κ1) is 49.3. The summed E-state index contributed by atoms with van der Waals surface area (Å²) < 4.78 is 23.0. The molecule has 0 aromatic carbocycles. The average Bonchev–Trinajstić information content (AvgIpc) is 3.13. The van der Waals surface area contributed by atoms with Crippen LogP contribution in [0.15, 0.2) is 24.3 Å². The van der Waals surface area contributed by atoms with Gasteiger partial charge in [-0.1, -0.05) is 141 Å². The summed E-state index contributed by atoms with van der Waals surface area (Å²) in [5.74, 6) is -0.947. The van der Waals surface area contributed by atoms with Gasteiger partial charge in [0, 0.05) is 26.1 Å². The number of ether oxygens (including phenoxy) is 4. The number of hydrogen-bond acceptors (Lipinski definition) is 7. The van der Waals surface area contributed by atoms with Crippen molar-refractivity contribution in [2.75, 3.05) is 33.0 Å². The van der Waals surface area contributed by atoms with Gasteiger partial charge in [0.25, 0.3) is 0 Å². The first-order valence-corrected chi connectivity index (χ1v) is 21.5.